The van der Waals surface area contributed by atoms with Crippen molar-refractivity contribution in [3.05, 3.63) is 45.8 Å². The average Bonchev–Trinajstić information content (AvgIpc) is 3.88. The van der Waals surface area contributed by atoms with Crippen LogP contribution in [0, 0.1) is 5.92 Å². The smallest absolute Gasteiger partial charge is 0.389 e. The van der Waals surface area contributed by atoms with E-state index in [-0.39, 0.29) is 54.6 Å². The van der Waals surface area contributed by atoms with E-state index in [0.29, 0.717) is 15.9 Å². The number of hydrogen-bond acceptors (Lipinski definition) is 20. The van der Waals surface area contributed by atoms with E-state index in [1.165, 1.54) is 0 Å². The molecule has 3 aliphatic rings. The summed E-state index contributed by atoms with van der Waals surface area (Å²) in [6.07, 6.45) is -12.4. The fourth-order valence-electron chi connectivity index (χ4n) is 6.61. The van der Waals surface area contributed by atoms with Crippen LogP contribution >= 0.6 is 26.0 Å². The SMILES string of the molecule is CC(C)C(N)C(=O)NC(CCCNC(N)=O)C(=O)NCCSP1(=O)OC[C@H]2O[C@@H](n3cnc4c(N)ncnc43)[C@H](F)[C@@H]2OP(=O)([O-])OC[C@H]2O[C@@H](n3ccc(=O)[nH]c3=O)[C@H](F)[C@@H]2O1. The standard InChI is InChI=1S/C32H46F2N12O14P2S/c1-14(2)21(35)28(49)43-15(4-3-6-39-31(37)50)27(48)38-7-9-63-62(54)56-11-17-23(19(33)30(58-17)46-13-42-22-25(36)40-12-41-26(22)46)59-61(52,53)55-10-16-24(60-62)20(34)29(57-16)45-8-5-18(47)44-32(45)51/h5,8,12-17,19-21,23-24,29-30H,3-4,6-7,9-11,35H2,1-2H3,(H,38,48)(H,43,49)(H,52,53)(H2,36,40,41)(H3,37,39,50)(H,44,47,51)/p-1/t15?,16-,17-,19-,20-,21?,23-,24-,29-,30-,62?/m1/s1. The molecule has 3 aromatic rings. The molecule has 0 aliphatic carbocycles. The number of imidazole rings is 1. The first-order valence-corrected chi connectivity index (χ1v) is 23.8. The number of nitrogens with two attached hydrogens (primary N) is 3. The van der Waals surface area contributed by atoms with Crippen LogP contribution in [-0.2, 0) is 46.3 Å². The van der Waals surface area contributed by atoms with Crippen LogP contribution in [0.3, 0.4) is 0 Å². The number of primary amides is 1. The van der Waals surface area contributed by atoms with Crippen LogP contribution in [0.4, 0.5) is 19.4 Å². The van der Waals surface area contributed by atoms with Crippen molar-refractivity contribution in [3.63, 3.8) is 0 Å². The average molecular weight is 954 g/mol. The highest BCUT2D eigenvalue weighted by atomic mass is 32.7. The summed E-state index contributed by atoms with van der Waals surface area (Å²) in [6.45, 7) is -3.52. The number of amides is 4. The van der Waals surface area contributed by atoms with Gasteiger partial charge in [-0.25, -0.2) is 37.9 Å². The Morgan fingerprint density at radius 1 is 0.984 bits per heavy atom. The van der Waals surface area contributed by atoms with Crippen molar-refractivity contribution >= 4 is 60.8 Å². The van der Waals surface area contributed by atoms with E-state index in [4.69, 9.17) is 44.8 Å². The minimum atomic E-state index is -5.53. The van der Waals surface area contributed by atoms with Crippen molar-refractivity contribution in [3.8, 4) is 0 Å². The lowest BCUT2D eigenvalue weighted by Gasteiger charge is -2.32. The zero-order valence-electron chi connectivity index (χ0n) is 33.4. The minimum absolute atomic E-state index is 0.00330. The maximum absolute atomic E-state index is 16.4. The van der Waals surface area contributed by atoms with Gasteiger partial charge in [-0.2, -0.15) is 0 Å². The zero-order valence-corrected chi connectivity index (χ0v) is 36.0. The monoisotopic (exact) mass is 953 g/mol. The van der Waals surface area contributed by atoms with Crippen LogP contribution in [0.25, 0.3) is 11.2 Å². The summed E-state index contributed by atoms with van der Waals surface area (Å²) in [4.78, 5) is 88.7. The highest BCUT2D eigenvalue weighted by molar-refractivity contribution is 8.55. The summed E-state index contributed by atoms with van der Waals surface area (Å²) >= 11 is 0.437. The van der Waals surface area contributed by atoms with E-state index in [0.717, 1.165) is 29.5 Å². The van der Waals surface area contributed by atoms with Gasteiger partial charge in [0, 0.05) is 31.1 Å². The van der Waals surface area contributed by atoms with Crippen LogP contribution in [0.15, 0.2) is 34.5 Å². The number of halogens is 2. The van der Waals surface area contributed by atoms with Gasteiger partial charge in [0.25, 0.3) is 13.4 Å². The Labute approximate surface area is 358 Å². The molecule has 3 aliphatic heterocycles. The number of carbonyl (C=O) groups excluding carboxylic acids is 3. The van der Waals surface area contributed by atoms with Crippen molar-refractivity contribution in [1.29, 1.82) is 0 Å². The number of carbonyl (C=O) groups is 3. The Bertz CT molecular complexity index is 2360. The molecule has 26 nitrogen and oxygen atoms in total. The number of aromatic amines is 1. The molecule has 10 N–H and O–H groups in total. The summed E-state index contributed by atoms with van der Waals surface area (Å²) in [5.41, 5.74) is 15.1. The Balaban J connectivity index is 1.24. The van der Waals surface area contributed by atoms with Crippen LogP contribution < -0.4 is 49.3 Å². The molecule has 6 rings (SSSR count). The molecule has 0 radical (unpaired) electrons. The number of H-pyrrole nitrogens is 1. The summed E-state index contributed by atoms with van der Waals surface area (Å²) in [5.74, 6) is -1.94. The second kappa shape index (κ2) is 20.2. The molecule has 0 bridgehead atoms. The van der Waals surface area contributed by atoms with Crippen LogP contribution in [0.1, 0.15) is 39.1 Å². The van der Waals surface area contributed by atoms with Crippen molar-refractivity contribution in [2.24, 2.45) is 17.4 Å². The molecule has 4 amide bonds. The van der Waals surface area contributed by atoms with Gasteiger partial charge in [-0.3, -0.25) is 42.1 Å². The summed E-state index contributed by atoms with van der Waals surface area (Å²) in [7, 11) is -5.53. The topological polar surface area (TPSA) is 376 Å². The molecule has 0 saturated carbocycles. The number of rotatable bonds is 14. The summed E-state index contributed by atoms with van der Waals surface area (Å²) in [5, 5.41) is 7.54. The number of urea groups is 1. The molecule has 0 aromatic carbocycles. The predicted molar refractivity (Wildman–Crippen MR) is 213 cm³/mol. The number of nitrogen functional groups attached to an aromatic ring is 1. The lowest BCUT2D eigenvalue weighted by atomic mass is 10.0. The van der Waals surface area contributed by atoms with Gasteiger partial charge in [0.05, 0.1) is 25.6 Å². The van der Waals surface area contributed by atoms with E-state index < -0.39 is 118 Å². The molecule has 0 spiro atoms. The number of hydrogen-bond donors (Lipinski definition) is 7. The van der Waals surface area contributed by atoms with E-state index in [2.05, 4.69) is 30.9 Å². The Morgan fingerprint density at radius 2 is 1.65 bits per heavy atom. The van der Waals surface area contributed by atoms with E-state index >= 15 is 8.78 Å². The van der Waals surface area contributed by atoms with E-state index in [1.54, 1.807) is 13.8 Å². The number of phosphoric acid groups is 1. The van der Waals surface area contributed by atoms with Gasteiger partial charge in [0.15, 0.2) is 36.3 Å². The number of aromatic nitrogens is 6. The molecule has 12 atom stereocenters. The van der Waals surface area contributed by atoms with Gasteiger partial charge >= 0.3 is 18.5 Å². The zero-order chi connectivity index (χ0) is 45.8. The Morgan fingerprint density at radius 3 is 2.32 bits per heavy atom. The summed E-state index contributed by atoms with van der Waals surface area (Å²) in [6, 6.07) is -2.01. The maximum atomic E-state index is 16.4. The van der Waals surface area contributed by atoms with Gasteiger partial charge in [-0.15, -0.1) is 0 Å². The van der Waals surface area contributed by atoms with E-state index in [1.807, 2.05) is 4.98 Å². The van der Waals surface area contributed by atoms with Gasteiger partial charge < -0.3 is 56.6 Å². The molecule has 3 saturated heterocycles. The maximum Gasteiger partial charge on any atom is 0.389 e. The largest absolute Gasteiger partial charge is 0.756 e. The fraction of sp³-hybridized carbons (Fsp3) is 0.625. The third-order valence-electron chi connectivity index (χ3n) is 9.89. The molecule has 348 valence electrons. The minimum Gasteiger partial charge on any atom is -0.756 e. The number of alkyl halides is 2. The van der Waals surface area contributed by atoms with Crippen molar-refractivity contribution in [1.82, 2.24) is 45.0 Å². The highest BCUT2D eigenvalue weighted by Gasteiger charge is 2.54. The van der Waals surface area contributed by atoms with Gasteiger partial charge in [-0.1, -0.05) is 13.8 Å². The molecule has 31 heteroatoms. The van der Waals surface area contributed by atoms with Gasteiger partial charge in [0.2, 0.25) is 11.8 Å². The number of nitrogens with one attached hydrogen (secondary N) is 4. The van der Waals surface area contributed by atoms with E-state index in [9.17, 15) is 38.0 Å². The number of ether oxygens (including phenoxy) is 2. The normalized spacial score (nSPS) is 31.0. The lowest BCUT2D eigenvalue weighted by molar-refractivity contribution is -0.235. The molecular formula is C32H45F2N12O14P2S-. The van der Waals surface area contributed by atoms with Crippen LogP contribution in [0.5, 0.6) is 0 Å². The first-order chi connectivity index (χ1) is 29.8. The predicted octanol–water partition coefficient (Wildman–Crippen LogP) is -1.41. The third-order valence-corrected chi connectivity index (χ3v) is 14.6. The first-order valence-electron chi connectivity index (χ1n) is 19.2. The molecule has 3 fully saturated rings. The van der Waals surface area contributed by atoms with Crippen molar-refractivity contribution < 1.29 is 64.8 Å². The Kier molecular flexibility index (Phi) is 15.4. The second-order valence-electron chi connectivity index (χ2n) is 14.6. The molecule has 4 unspecified atom stereocenters. The van der Waals surface area contributed by atoms with Crippen LogP contribution in [-0.4, -0.2) is 128 Å². The third kappa shape index (κ3) is 11.5. The van der Waals surface area contributed by atoms with Crippen molar-refractivity contribution in [2.75, 3.05) is 37.8 Å². The number of fused-ring (bicyclic) bond motifs is 3. The van der Waals surface area contributed by atoms with Crippen molar-refractivity contribution in [2.45, 2.75) is 88.0 Å². The van der Waals surface area contributed by atoms with Crippen LogP contribution in [0.2, 0.25) is 0 Å². The van der Waals surface area contributed by atoms with Gasteiger partial charge in [0.1, 0.15) is 42.3 Å². The molecular weight excluding hydrogens is 908 g/mol. The second-order valence-corrected chi connectivity index (χ2v) is 20.1. The quantitative estimate of drug-likeness (QED) is 0.0721. The molecule has 6 heterocycles. The highest BCUT2D eigenvalue weighted by Crippen LogP contribution is 2.63. The molecule has 63 heavy (non-hydrogen) atoms. The number of phosphoric ester groups is 1. The first kappa shape index (κ1) is 48.1. The summed E-state index contributed by atoms with van der Waals surface area (Å²) < 4.78 is 95.6. The number of nitrogens with zero attached hydrogens (tertiary/aromatic N) is 5. The Hall–Kier alpha value is -4.41. The molecule has 3 aromatic heterocycles. The fourth-order valence-corrected chi connectivity index (χ4v) is 10.9. The number of anilines is 1. The lowest BCUT2D eigenvalue weighted by Crippen LogP contribution is -2.53. The van der Waals surface area contributed by atoms with Gasteiger partial charge in [-0.05, 0) is 30.1 Å².